The van der Waals surface area contributed by atoms with Crippen LogP contribution in [-0.2, 0) is 42.8 Å². The Kier molecular flexibility index (Phi) is 14.5. The van der Waals surface area contributed by atoms with Crippen molar-refractivity contribution in [2.75, 3.05) is 19.8 Å². The Balaban J connectivity index is 2.35. The van der Waals surface area contributed by atoms with E-state index in [1.807, 2.05) is 27.7 Å². The number of aliphatic hydroxyl groups excluding tert-OH is 5. The van der Waals surface area contributed by atoms with Crippen LogP contribution in [-0.4, -0.2) is 118 Å². The standard InChI is InChI=1S/C28H48O14/c1-15(2)8-6-10-20(32)39-24-22(34)18(12-29)38-27(25(24)40-21(33)11-7-9-16(3)4)42-28(14-30)26(36)23(35)19(41-28)13-37-17(5)31/h15-16,18-19,22-27,29-30,34-36H,6-14H2,1-5H3/t18-,19-,22-,23-,24+,25-,26+,27-,28+/m1/s1. The largest absolute Gasteiger partial charge is 0.463 e. The first-order valence-electron chi connectivity index (χ1n) is 14.5. The molecule has 244 valence electrons. The van der Waals surface area contributed by atoms with Gasteiger partial charge in [0.2, 0.25) is 12.1 Å². The first kappa shape index (κ1) is 36.3. The van der Waals surface area contributed by atoms with Crippen LogP contribution >= 0.6 is 0 Å². The van der Waals surface area contributed by atoms with Crippen molar-refractivity contribution in [3.63, 3.8) is 0 Å². The fourth-order valence-electron chi connectivity index (χ4n) is 4.78. The minimum Gasteiger partial charge on any atom is -0.463 e. The van der Waals surface area contributed by atoms with Crippen molar-refractivity contribution in [3.05, 3.63) is 0 Å². The van der Waals surface area contributed by atoms with Crippen LogP contribution in [0.2, 0.25) is 0 Å². The fourth-order valence-corrected chi connectivity index (χ4v) is 4.78. The lowest BCUT2D eigenvalue weighted by atomic mass is 9.97. The maximum Gasteiger partial charge on any atom is 0.306 e. The molecule has 0 aromatic rings. The lowest BCUT2D eigenvalue weighted by molar-refractivity contribution is -0.384. The molecule has 0 unspecified atom stereocenters. The Hall–Kier alpha value is -1.91. The van der Waals surface area contributed by atoms with Gasteiger partial charge in [-0.2, -0.15) is 0 Å². The number of rotatable bonds is 16. The SMILES string of the molecule is CC(=O)OC[C@H]1O[C@@](CO)(O[C@H]2O[C@H](CO)[C@@H](O)[C@H](OC(=O)CCCC(C)C)[C@H]2OC(=O)CCCC(C)C)[C@@H](O)[C@@H]1O. The van der Waals surface area contributed by atoms with Gasteiger partial charge < -0.3 is 54.0 Å². The van der Waals surface area contributed by atoms with Crippen LogP contribution in [0.1, 0.15) is 73.1 Å². The van der Waals surface area contributed by atoms with E-state index in [9.17, 15) is 39.9 Å². The number of ether oxygens (including phenoxy) is 6. The van der Waals surface area contributed by atoms with Gasteiger partial charge in [0.05, 0.1) is 6.61 Å². The van der Waals surface area contributed by atoms with Crippen molar-refractivity contribution < 1.29 is 68.3 Å². The molecule has 0 bridgehead atoms. The molecule has 42 heavy (non-hydrogen) atoms. The summed E-state index contributed by atoms with van der Waals surface area (Å²) in [5.74, 6) is -3.78. The van der Waals surface area contributed by atoms with Gasteiger partial charge in [0.1, 0.15) is 43.7 Å². The molecule has 2 aliphatic heterocycles. The quantitative estimate of drug-likeness (QED) is 0.115. The summed E-state index contributed by atoms with van der Waals surface area (Å²) in [6.45, 7) is 6.85. The fraction of sp³-hybridized carbons (Fsp3) is 0.893. The Morgan fingerprint density at radius 2 is 1.38 bits per heavy atom. The third kappa shape index (κ3) is 10.1. The van der Waals surface area contributed by atoms with E-state index in [2.05, 4.69) is 0 Å². The van der Waals surface area contributed by atoms with Gasteiger partial charge >= 0.3 is 17.9 Å². The van der Waals surface area contributed by atoms with Crippen molar-refractivity contribution in [3.8, 4) is 0 Å². The second-order valence-electron chi connectivity index (χ2n) is 11.7. The molecule has 0 spiro atoms. The van der Waals surface area contributed by atoms with Gasteiger partial charge in [-0.3, -0.25) is 14.4 Å². The van der Waals surface area contributed by atoms with Crippen LogP contribution in [0.3, 0.4) is 0 Å². The summed E-state index contributed by atoms with van der Waals surface area (Å²) in [6, 6.07) is 0. The first-order valence-corrected chi connectivity index (χ1v) is 14.5. The highest BCUT2D eigenvalue weighted by Gasteiger charge is 2.60. The smallest absolute Gasteiger partial charge is 0.306 e. The van der Waals surface area contributed by atoms with Crippen molar-refractivity contribution in [2.24, 2.45) is 11.8 Å². The van der Waals surface area contributed by atoms with Crippen LogP contribution < -0.4 is 0 Å². The van der Waals surface area contributed by atoms with Gasteiger partial charge in [-0.1, -0.05) is 40.5 Å². The summed E-state index contributed by atoms with van der Waals surface area (Å²) in [5.41, 5.74) is 0. The van der Waals surface area contributed by atoms with E-state index in [1.165, 1.54) is 0 Å². The highest BCUT2D eigenvalue weighted by Crippen LogP contribution is 2.37. The summed E-state index contributed by atoms with van der Waals surface area (Å²) in [4.78, 5) is 36.9. The first-order chi connectivity index (χ1) is 19.7. The second-order valence-corrected chi connectivity index (χ2v) is 11.7. The third-order valence-electron chi connectivity index (χ3n) is 7.15. The summed E-state index contributed by atoms with van der Waals surface area (Å²) < 4.78 is 33.1. The lowest BCUT2D eigenvalue weighted by Gasteiger charge is -2.45. The maximum absolute atomic E-state index is 12.9. The molecule has 2 aliphatic rings. The molecule has 0 radical (unpaired) electrons. The number of carbonyl (C=O) groups excluding carboxylic acids is 3. The Morgan fingerprint density at radius 3 is 1.86 bits per heavy atom. The number of aliphatic hydroxyl groups is 5. The van der Waals surface area contributed by atoms with Gasteiger partial charge in [0.15, 0.2) is 12.2 Å². The van der Waals surface area contributed by atoms with Gasteiger partial charge in [-0.15, -0.1) is 0 Å². The normalized spacial score (nSPS) is 33.1. The van der Waals surface area contributed by atoms with E-state index >= 15 is 0 Å². The number of carbonyl (C=O) groups is 3. The van der Waals surface area contributed by atoms with Crippen LogP contribution in [0.4, 0.5) is 0 Å². The van der Waals surface area contributed by atoms with Crippen molar-refractivity contribution >= 4 is 17.9 Å². The molecule has 5 N–H and O–H groups in total. The van der Waals surface area contributed by atoms with E-state index in [4.69, 9.17) is 28.4 Å². The average Bonchev–Trinajstić information content (AvgIpc) is 3.15. The Labute approximate surface area is 246 Å². The Bertz CT molecular complexity index is 866. The maximum atomic E-state index is 12.9. The van der Waals surface area contributed by atoms with E-state index in [-0.39, 0.29) is 12.8 Å². The van der Waals surface area contributed by atoms with Crippen molar-refractivity contribution in [1.82, 2.24) is 0 Å². The van der Waals surface area contributed by atoms with Gasteiger partial charge in [-0.25, -0.2) is 0 Å². The zero-order valence-electron chi connectivity index (χ0n) is 25.0. The van der Waals surface area contributed by atoms with E-state index in [0.717, 1.165) is 19.8 Å². The Morgan fingerprint density at radius 1 is 0.833 bits per heavy atom. The molecule has 0 aromatic carbocycles. The molecule has 2 rings (SSSR count). The monoisotopic (exact) mass is 608 g/mol. The van der Waals surface area contributed by atoms with Gasteiger partial charge in [-0.05, 0) is 24.7 Å². The molecule has 14 heteroatoms. The predicted octanol–water partition coefficient (Wildman–Crippen LogP) is -0.0704. The summed E-state index contributed by atoms with van der Waals surface area (Å²) in [5, 5.41) is 52.4. The minimum absolute atomic E-state index is 0.0105. The second kappa shape index (κ2) is 16.8. The molecule has 2 heterocycles. The minimum atomic E-state index is -2.37. The third-order valence-corrected chi connectivity index (χ3v) is 7.15. The summed E-state index contributed by atoms with van der Waals surface area (Å²) >= 11 is 0. The molecule has 9 atom stereocenters. The number of hydrogen-bond donors (Lipinski definition) is 5. The van der Waals surface area contributed by atoms with Crippen LogP contribution in [0.15, 0.2) is 0 Å². The topological polar surface area (TPSA) is 208 Å². The summed E-state index contributed by atoms with van der Waals surface area (Å²) in [7, 11) is 0. The molecular formula is C28H48O14. The van der Waals surface area contributed by atoms with Crippen LogP contribution in [0, 0.1) is 11.8 Å². The highest BCUT2D eigenvalue weighted by atomic mass is 16.8. The zero-order valence-corrected chi connectivity index (χ0v) is 25.0. The van der Waals surface area contributed by atoms with Gasteiger partial charge in [0.25, 0.3) is 0 Å². The zero-order chi connectivity index (χ0) is 31.6. The molecule has 2 saturated heterocycles. The van der Waals surface area contributed by atoms with Crippen LogP contribution in [0.5, 0.6) is 0 Å². The average molecular weight is 609 g/mol. The highest BCUT2D eigenvalue weighted by molar-refractivity contribution is 5.70. The van der Waals surface area contributed by atoms with E-state index in [0.29, 0.717) is 24.7 Å². The van der Waals surface area contributed by atoms with Crippen molar-refractivity contribution in [1.29, 1.82) is 0 Å². The predicted molar refractivity (Wildman–Crippen MR) is 143 cm³/mol. The van der Waals surface area contributed by atoms with E-state index < -0.39 is 92.5 Å². The molecule has 14 nitrogen and oxygen atoms in total. The molecule has 0 aliphatic carbocycles. The molecule has 0 amide bonds. The molecule has 0 saturated carbocycles. The van der Waals surface area contributed by atoms with Gasteiger partial charge in [0, 0.05) is 19.8 Å². The lowest BCUT2D eigenvalue weighted by Crippen LogP contribution is -2.64. The number of esters is 3. The molecular weight excluding hydrogens is 560 g/mol. The van der Waals surface area contributed by atoms with E-state index in [1.54, 1.807) is 0 Å². The van der Waals surface area contributed by atoms with Crippen molar-refractivity contribution in [2.45, 2.75) is 128 Å². The number of hydrogen-bond acceptors (Lipinski definition) is 14. The molecule has 2 fully saturated rings. The summed E-state index contributed by atoms with van der Waals surface area (Å²) in [6.07, 6.45) is -10.4. The van der Waals surface area contributed by atoms with Crippen LogP contribution in [0.25, 0.3) is 0 Å². The molecule has 0 aromatic heterocycles.